The van der Waals surface area contributed by atoms with Gasteiger partial charge in [0.1, 0.15) is 5.60 Å². The third kappa shape index (κ3) is 1.36. The van der Waals surface area contributed by atoms with Crippen LogP contribution in [0, 0.1) is 0 Å². The van der Waals surface area contributed by atoms with Crippen molar-refractivity contribution < 1.29 is 9.47 Å². The fraction of sp³-hybridized carbons (Fsp3) is 0.500. The van der Waals surface area contributed by atoms with Crippen molar-refractivity contribution in [1.29, 1.82) is 0 Å². The number of rotatable bonds is 0. The molecule has 1 aromatic rings. The number of allylic oxidation sites excluding steroid dienone is 1. The van der Waals surface area contributed by atoms with Gasteiger partial charge < -0.3 is 9.47 Å². The largest absolute Gasteiger partial charge is 0.344 e. The van der Waals surface area contributed by atoms with Crippen molar-refractivity contribution in [2.75, 3.05) is 0 Å². The van der Waals surface area contributed by atoms with E-state index in [9.17, 15) is 0 Å². The molecule has 1 spiro atoms. The molecule has 4 aliphatic rings. The summed E-state index contributed by atoms with van der Waals surface area (Å²) in [5.41, 5.74) is 2.62. The normalized spacial score (nSPS) is 39.2. The fourth-order valence-corrected chi connectivity index (χ4v) is 3.76. The first-order valence-corrected chi connectivity index (χ1v) is 6.73. The van der Waals surface area contributed by atoms with Crippen LogP contribution in [0.25, 0.3) is 0 Å². The number of benzene rings is 1. The maximum atomic E-state index is 6.26. The second-order valence-corrected chi connectivity index (χ2v) is 6.14. The van der Waals surface area contributed by atoms with Crippen LogP contribution in [0.15, 0.2) is 36.4 Å². The van der Waals surface area contributed by atoms with E-state index in [1.807, 2.05) is 13.8 Å². The average Bonchev–Trinajstić information content (AvgIpc) is 2.43. The smallest absolute Gasteiger partial charge is 0.164 e. The zero-order valence-corrected chi connectivity index (χ0v) is 10.8. The molecule has 2 nitrogen and oxygen atoms in total. The first-order chi connectivity index (χ1) is 8.58. The van der Waals surface area contributed by atoms with Crippen molar-refractivity contribution in [3.05, 3.63) is 47.5 Å². The summed E-state index contributed by atoms with van der Waals surface area (Å²) in [7, 11) is 0. The fourth-order valence-electron chi connectivity index (χ4n) is 3.76. The van der Waals surface area contributed by atoms with Gasteiger partial charge in [-0.1, -0.05) is 36.4 Å². The molecule has 5 rings (SSSR count). The highest BCUT2D eigenvalue weighted by molar-refractivity contribution is 5.42. The molecular weight excluding hydrogens is 224 g/mol. The van der Waals surface area contributed by atoms with Gasteiger partial charge in [-0.25, -0.2) is 0 Å². The molecule has 0 radical (unpaired) electrons. The highest BCUT2D eigenvalue weighted by Crippen LogP contribution is 2.50. The van der Waals surface area contributed by atoms with Gasteiger partial charge in [0.05, 0.1) is 6.10 Å². The number of ether oxygens (including phenoxy) is 2. The van der Waals surface area contributed by atoms with E-state index in [2.05, 4.69) is 36.4 Å². The summed E-state index contributed by atoms with van der Waals surface area (Å²) in [6.45, 7) is 4.03. The summed E-state index contributed by atoms with van der Waals surface area (Å²) in [5, 5.41) is 0. The Labute approximate surface area is 108 Å². The summed E-state index contributed by atoms with van der Waals surface area (Å²) in [4.78, 5) is 0. The molecule has 1 heterocycles. The van der Waals surface area contributed by atoms with Gasteiger partial charge in [0.2, 0.25) is 0 Å². The van der Waals surface area contributed by atoms with Crippen LogP contribution in [0.2, 0.25) is 0 Å². The molecule has 0 aromatic heterocycles. The van der Waals surface area contributed by atoms with E-state index >= 15 is 0 Å². The van der Waals surface area contributed by atoms with Crippen LogP contribution < -0.4 is 0 Å². The zero-order valence-electron chi connectivity index (χ0n) is 10.8. The van der Waals surface area contributed by atoms with Crippen LogP contribution in [-0.2, 0) is 15.9 Å². The van der Waals surface area contributed by atoms with Crippen molar-refractivity contribution in [3.8, 4) is 0 Å². The zero-order chi connectivity index (χ0) is 12.4. The summed E-state index contributed by atoms with van der Waals surface area (Å²) in [6.07, 6.45) is 6.73. The van der Waals surface area contributed by atoms with Gasteiger partial charge in [-0.05, 0) is 31.4 Å². The summed E-state index contributed by atoms with van der Waals surface area (Å²) in [6, 6.07) is 8.73. The van der Waals surface area contributed by atoms with Gasteiger partial charge in [-0.15, -0.1) is 0 Å². The number of hydrogen-bond acceptors (Lipinski definition) is 2. The van der Waals surface area contributed by atoms with E-state index in [0.717, 1.165) is 12.8 Å². The third-order valence-corrected chi connectivity index (χ3v) is 4.41. The van der Waals surface area contributed by atoms with Gasteiger partial charge in [-0.3, -0.25) is 0 Å². The molecule has 2 heteroatoms. The molecule has 0 saturated carbocycles. The third-order valence-electron chi connectivity index (χ3n) is 4.41. The van der Waals surface area contributed by atoms with E-state index in [0.29, 0.717) is 5.92 Å². The van der Waals surface area contributed by atoms with E-state index < -0.39 is 5.79 Å². The Hall–Kier alpha value is -1.12. The molecule has 3 aliphatic carbocycles. The lowest BCUT2D eigenvalue weighted by Gasteiger charge is -2.31. The second-order valence-electron chi connectivity index (χ2n) is 6.14. The predicted octanol–water partition coefficient (Wildman–Crippen LogP) is 3.18. The lowest BCUT2D eigenvalue weighted by molar-refractivity contribution is -0.155. The molecule has 94 valence electrons. The van der Waals surface area contributed by atoms with Crippen LogP contribution in [0.3, 0.4) is 0 Å². The quantitative estimate of drug-likeness (QED) is 0.650. The Morgan fingerprint density at radius 3 is 2.94 bits per heavy atom. The molecule has 3 atom stereocenters. The van der Waals surface area contributed by atoms with E-state index in [4.69, 9.17) is 9.47 Å². The van der Waals surface area contributed by atoms with Crippen molar-refractivity contribution in [2.24, 2.45) is 0 Å². The molecule has 1 aromatic carbocycles. The van der Waals surface area contributed by atoms with Crippen LogP contribution in [0.4, 0.5) is 0 Å². The van der Waals surface area contributed by atoms with Gasteiger partial charge in [-0.2, -0.15) is 0 Å². The Bertz CT molecular complexity index is 532. The predicted molar refractivity (Wildman–Crippen MR) is 69.4 cm³/mol. The van der Waals surface area contributed by atoms with Crippen molar-refractivity contribution in [3.63, 3.8) is 0 Å². The maximum Gasteiger partial charge on any atom is 0.164 e. The SMILES string of the molecule is CC1(C)OC2C[C@@H]3C=C[C@]2(Cc2ccccc23)O1. The van der Waals surface area contributed by atoms with Gasteiger partial charge in [0.25, 0.3) is 0 Å². The Kier molecular flexibility index (Phi) is 1.95. The molecule has 2 bridgehead atoms. The first-order valence-electron chi connectivity index (χ1n) is 6.73. The second kappa shape index (κ2) is 3.25. The minimum absolute atomic E-state index is 0.190. The van der Waals surface area contributed by atoms with E-state index in [1.54, 1.807) is 0 Å². The molecule has 1 saturated heterocycles. The molecule has 1 unspecified atom stereocenters. The van der Waals surface area contributed by atoms with Gasteiger partial charge in [0.15, 0.2) is 5.79 Å². The number of hydrogen-bond donors (Lipinski definition) is 0. The van der Waals surface area contributed by atoms with Crippen LogP contribution >= 0.6 is 0 Å². The van der Waals surface area contributed by atoms with Crippen molar-refractivity contribution >= 4 is 0 Å². The Balaban J connectivity index is 1.86. The minimum atomic E-state index is -0.462. The molecule has 1 aliphatic heterocycles. The standard InChI is InChI=1S/C16H18O2/c1-15(2)17-14-9-11-7-8-16(14,18-15)10-12-5-3-4-6-13(11)12/h3-8,11,14H,9-10H2,1-2H3/t11-,14?,16+/m0/s1. The molecule has 0 N–H and O–H groups in total. The van der Waals surface area contributed by atoms with Crippen molar-refractivity contribution in [2.45, 2.75) is 50.1 Å². The van der Waals surface area contributed by atoms with E-state index in [1.165, 1.54) is 11.1 Å². The lowest BCUT2D eigenvalue weighted by Crippen LogP contribution is -2.41. The Morgan fingerprint density at radius 1 is 1.22 bits per heavy atom. The average molecular weight is 242 g/mol. The monoisotopic (exact) mass is 242 g/mol. The maximum absolute atomic E-state index is 6.26. The van der Waals surface area contributed by atoms with Crippen LogP contribution in [-0.4, -0.2) is 17.5 Å². The molecule has 0 amide bonds. The lowest BCUT2D eigenvalue weighted by atomic mass is 9.83. The first kappa shape index (κ1) is 10.8. The van der Waals surface area contributed by atoms with Crippen LogP contribution in [0.5, 0.6) is 0 Å². The minimum Gasteiger partial charge on any atom is -0.344 e. The van der Waals surface area contributed by atoms with Gasteiger partial charge >= 0.3 is 0 Å². The molecular formula is C16H18O2. The molecule has 18 heavy (non-hydrogen) atoms. The Morgan fingerprint density at radius 2 is 2.06 bits per heavy atom. The summed E-state index contributed by atoms with van der Waals surface area (Å²) >= 11 is 0. The highest BCUT2D eigenvalue weighted by atomic mass is 16.8. The van der Waals surface area contributed by atoms with E-state index in [-0.39, 0.29) is 11.7 Å². The highest BCUT2D eigenvalue weighted by Gasteiger charge is 2.55. The van der Waals surface area contributed by atoms with Gasteiger partial charge in [0, 0.05) is 12.3 Å². The molecule has 1 fully saturated rings. The summed E-state index contributed by atoms with van der Waals surface area (Å²) < 4.78 is 12.4. The topological polar surface area (TPSA) is 18.5 Å². The van der Waals surface area contributed by atoms with Crippen LogP contribution in [0.1, 0.15) is 37.3 Å². The van der Waals surface area contributed by atoms with Crippen molar-refractivity contribution in [1.82, 2.24) is 0 Å². The summed E-state index contributed by atoms with van der Waals surface area (Å²) in [5.74, 6) is 0.0234.